The Kier molecular flexibility index (Phi) is 6.09. The van der Waals surface area contributed by atoms with Gasteiger partial charge in [-0.25, -0.2) is 4.79 Å². The summed E-state index contributed by atoms with van der Waals surface area (Å²) >= 11 is 0. The van der Waals surface area contributed by atoms with Crippen LogP contribution >= 0.6 is 0 Å². The van der Waals surface area contributed by atoms with Crippen molar-refractivity contribution in [1.82, 2.24) is 0 Å². The molecule has 2 atom stereocenters. The second-order valence-corrected chi connectivity index (χ2v) is 2.94. The topological polar surface area (TPSA) is 101 Å². The van der Waals surface area contributed by atoms with Gasteiger partial charge in [-0.1, -0.05) is 12.8 Å². The number of carboxylic acids is 1. The number of aliphatic hydroxyl groups excluding tert-OH is 1. The molecule has 0 radical (unpaired) electrons. The van der Waals surface area contributed by atoms with Crippen LogP contribution in [0.15, 0.2) is 0 Å². The van der Waals surface area contributed by atoms with E-state index < -0.39 is 18.1 Å². The minimum Gasteiger partial charge on any atom is -0.479 e. The molecule has 0 heterocycles. The van der Waals surface area contributed by atoms with Crippen LogP contribution in [0.5, 0.6) is 0 Å². The van der Waals surface area contributed by atoms with E-state index in [2.05, 4.69) is 0 Å². The molecular formula is C8H15NO4. The van der Waals surface area contributed by atoms with Crippen molar-refractivity contribution in [1.29, 1.82) is 0 Å². The van der Waals surface area contributed by atoms with Crippen LogP contribution in [0.2, 0.25) is 0 Å². The first-order valence-corrected chi connectivity index (χ1v) is 4.19. The lowest BCUT2D eigenvalue weighted by molar-refractivity contribution is -0.147. The van der Waals surface area contributed by atoms with E-state index >= 15 is 0 Å². The van der Waals surface area contributed by atoms with Crippen molar-refractivity contribution < 1.29 is 19.8 Å². The fourth-order valence-corrected chi connectivity index (χ4v) is 0.909. The number of aldehydes is 1. The van der Waals surface area contributed by atoms with E-state index in [0.29, 0.717) is 25.5 Å². The van der Waals surface area contributed by atoms with E-state index in [4.69, 9.17) is 15.9 Å². The van der Waals surface area contributed by atoms with E-state index in [1.165, 1.54) is 0 Å². The number of aliphatic carboxylic acids is 1. The molecule has 0 rings (SSSR count). The molecular weight excluding hydrogens is 174 g/mol. The smallest absolute Gasteiger partial charge is 0.332 e. The Morgan fingerprint density at radius 2 is 1.92 bits per heavy atom. The summed E-state index contributed by atoms with van der Waals surface area (Å²) in [6, 6.07) is -0.470. The van der Waals surface area contributed by atoms with E-state index in [-0.39, 0.29) is 6.42 Å². The molecule has 2 unspecified atom stereocenters. The molecule has 0 aliphatic heterocycles. The van der Waals surface area contributed by atoms with Crippen LogP contribution in [0.4, 0.5) is 0 Å². The van der Waals surface area contributed by atoms with Crippen LogP contribution in [0, 0.1) is 0 Å². The number of unbranched alkanes of at least 4 members (excludes halogenated alkanes) is 1. The first-order chi connectivity index (χ1) is 6.07. The van der Waals surface area contributed by atoms with Gasteiger partial charge in [0.2, 0.25) is 0 Å². The molecule has 0 aromatic carbocycles. The van der Waals surface area contributed by atoms with Crippen molar-refractivity contribution in [2.24, 2.45) is 5.73 Å². The second kappa shape index (κ2) is 6.56. The molecule has 0 amide bonds. The van der Waals surface area contributed by atoms with Gasteiger partial charge in [0, 0.05) is 0 Å². The third-order valence-electron chi connectivity index (χ3n) is 1.72. The van der Waals surface area contributed by atoms with Gasteiger partial charge in [-0.05, 0) is 12.8 Å². The van der Waals surface area contributed by atoms with Crippen LogP contribution in [0.25, 0.3) is 0 Å². The quantitative estimate of drug-likeness (QED) is 0.371. The predicted molar refractivity (Wildman–Crippen MR) is 46.2 cm³/mol. The summed E-state index contributed by atoms with van der Waals surface area (Å²) in [5.41, 5.74) is 5.30. The maximum absolute atomic E-state index is 10.2. The van der Waals surface area contributed by atoms with Gasteiger partial charge in [-0.2, -0.15) is 0 Å². The van der Waals surface area contributed by atoms with E-state index in [0.717, 1.165) is 0 Å². The zero-order chi connectivity index (χ0) is 10.3. The van der Waals surface area contributed by atoms with E-state index in [1.807, 2.05) is 0 Å². The van der Waals surface area contributed by atoms with E-state index in [9.17, 15) is 9.59 Å². The van der Waals surface area contributed by atoms with Crippen LogP contribution in [-0.4, -0.2) is 34.6 Å². The fraction of sp³-hybridized carbons (Fsp3) is 0.750. The van der Waals surface area contributed by atoms with E-state index in [1.54, 1.807) is 0 Å². The molecule has 0 aliphatic rings. The predicted octanol–water partition coefficient (Wildman–Crippen LogP) is -0.482. The number of aliphatic hydroxyl groups is 1. The summed E-state index contributed by atoms with van der Waals surface area (Å²) in [7, 11) is 0. The summed E-state index contributed by atoms with van der Waals surface area (Å²) in [5.74, 6) is -1.21. The zero-order valence-electron chi connectivity index (χ0n) is 7.35. The Balaban J connectivity index is 3.35. The molecule has 0 saturated heterocycles. The molecule has 5 nitrogen and oxygen atoms in total. The average molecular weight is 189 g/mol. The number of carbonyl (C=O) groups is 2. The standard InChI is InChI=1S/C8H15NO4/c9-6(5-10)3-1-2-4-7(11)8(12)13/h5-7,11H,1-4,9H2,(H,12,13). The fourth-order valence-electron chi connectivity index (χ4n) is 0.909. The van der Waals surface area contributed by atoms with Gasteiger partial charge >= 0.3 is 5.97 Å². The van der Waals surface area contributed by atoms with Gasteiger partial charge in [0.1, 0.15) is 6.29 Å². The van der Waals surface area contributed by atoms with Gasteiger partial charge in [0.25, 0.3) is 0 Å². The zero-order valence-corrected chi connectivity index (χ0v) is 7.35. The lowest BCUT2D eigenvalue weighted by Crippen LogP contribution is -2.22. The van der Waals surface area contributed by atoms with Gasteiger partial charge in [-0.3, -0.25) is 0 Å². The number of hydrogen-bond acceptors (Lipinski definition) is 4. The first kappa shape index (κ1) is 12.1. The number of carbonyl (C=O) groups excluding carboxylic acids is 1. The average Bonchev–Trinajstić information content (AvgIpc) is 2.11. The van der Waals surface area contributed by atoms with Crippen LogP contribution < -0.4 is 5.73 Å². The molecule has 0 aromatic heterocycles. The lowest BCUT2D eigenvalue weighted by atomic mass is 10.1. The highest BCUT2D eigenvalue weighted by Gasteiger charge is 2.11. The molecule has 0 saturated carbocycles. The SMILES string of the molecule is NC(C=O)CCCCC(O)C(=O)O. The van der Waals surface area contributed by atoms with Crippen molar-refractivity contribution in [3.63, 3.8) is 0 Å². The molecule has 13 heavy (non-hydrogen) atoms. The summed E-state index contributed by atoms with van der Waals surface area (Å²) < 4.78 is 0. The van der Waals surface area contributed by atoms with Crippen molar-refractivity contribution in [2.45, 2.75) is 37.8 Å². The first-order valence-electron chi connectivity index (χ1n) is 4.19. The highest BCUT2D eigenvalue weighted by molar-refractivity contribution is 5.71. The minimum atomic E-state index is -1.30. The van der Waals surface area contributed by atoms with Gasteiger partial charge in [0.05, 0.1) is 6.04 Å². The number of carboxylic acid groups (broad SMARTS) is 1. The highest BCUT2D eigenvalue weighted by Crippen LogP contribution is 2.04. The normalized spacial score (nSPS) is 14.9. The number of hydrogen-bond donors (Lipinski definition) is 3. The molecule has 0 aromatic rings. The van der Waals surface area contributed by atoms with Crippen molar-refractivity contribution in [3.8, 4) is 0 Å². The van der Waals surface area contributed by atoms with Crippen molar-refractivity contribution in [2.75, 3.05) is 0 Å². The molecule has 0 fully saturated rings. The number of nitrogens with two attached hydrogens (primary N) is 1. The third kappa shape index (κ3) is 6.24. The summed E-state index contributed by atoms with van der Waals surface area (Å²) in [4.78, 5) is 20.2. The Hall–Kier alpha value is -0.940. The largest absolute Gasteiger partial charge is 0.479 e. The lowest BCUT2D eigenvalue weighted by Gasteiger charge is -2.05. The molecule has 76 valence electrons. The van der Waals surface area contributed by atoms with Crippen LogP contribution in [0.1, 0.15) is 25.7 Å². The third-order valence-corrected chi connectivity index (χ3v) is 1.72. The second-order valence-electron chi connectivity index (χ2n) is 2.94. The molecule has 4 N–H and O–H groups in total. The van der Waals surface area contributed by atoms with Crippen molar-refractivity contribution in [3.05, 3.63) is 0 Å². The monoisotopic (exact) mass is 189 g/mol. The summed E-state index contributed by atoms with van der Waals surface area (Å²) in [5, 5.41) is 17.2. The Morgan fingerprint density at radius 3 is 2.38 bits per heavy atom. The van der Waals surface area contributed by atoms with Crippen molar-refractivity contribution >= 4 is 12.3 Å². The van der Waals surface area contributed by atoms with Crippen LogP contribution in [0.3, 0.4) is 0 Å². The maximum atomic E-state index is 10.2. The Labute approximate surface area is 76.5 Å². The summed E-state index contributed by atoms with van der Waals surface area (Å²) in [6.07, 6.45) is 1.33. The van der Waals surface area contributed by atoms with Gasteiger partial charge in [-0.15, -0.1) is 0 Å². The molecule has 0 spiro atoms. The Morgan fingerprint density at radius 1 is 1.38 bits per heavy atom. The Bertz CT molecular complexity index is 172. The molecule has 0 bridgehead atoms. The van der Waals surface area contributed by atoms with Gasteiger partial charge < -0.3 is 20.7 Å². The number of rotatable bonds is 7. The highest BCUT2D eigenvalue weighted by atomic mass is 16.4. The van der Waals surface area contributed by atoms with Crippen LogP contribution in [-0.2, 0) is 9.59 Å². The maximum Gasteiger partial charge on any atom is 0.332 e. The molecule has 5 heteroatoms. The summed E-state index contributed by atoms with van der Waals surface area (Å²) in [6.45, 7) is 0. The molecule has 0 aliphatic carbocycles. The minimum absolute atomic E-state index is 0.209. The van der Waals surface area contributed by atoms with Gasteiger partial charge in [0.15, 0.2) is 6.10 Å².